The summed E-state index contributed by atoms with van der Waals surface area (Å²) in [6, 6.07) is 13.4. The van der Waals surface area contributed by atoms with E-state index < -0.39 is 0 Å². The molecule has 4 nitrogen and oxygen atoms in total. The van der Waals surface area contributed by atoms with E-state index in [0.717, 1.165) is 12.1 Å². The molecule has 1 fully saturated rings. The van der Waals surface area contributed by atoms with Crippen molar-refractivity contribution in [3.05, 3.63) is 59.8 Å². The minimum Gasteiger partial charge on any atom is -0.473 e. The molecule has 0 atom stereocenters. The van der Waals surface area contributed by atoms with E-state index in [1.807, 2.05) is 30.3 Å². The van der Waals surface area contributed by atoms with Gasteiger partial charge in [-0.15, -0.1) is 0 Å². The van der Waals surface area contributed by atoms with Crippen LogP contribution in [-0.2, 0) is 6.61 Å². The molecule has 1 aromatic carbocycles. The molecule has 0 saturated heterocycles. The Kier molecular flexibility index (Phi) is 4.15. The zero-order valence-corrected chi connectivity index (χ0v) is 11.8. The van der Waals surface area contributed by atoms with Gasteiger partial charge in [0, 0.05) is 18.8 Å². The first-order valence-electron chi connectivity index (χ1n) is 7.22. The Hall–Kier alpha value is -2.36. The van der Waals surface area contributed by atoms with Crippen molar-refractivity contribution >= 4 is 5.91 Å². The fourth-order valence-corrected chi connectivity index (χ4v) is 1.99. The fourth-order valence-electron chi connectivity index (χ4n) is 1.99. The molecule has 1 saturated carbocycles. The molecule has 1 aromatic heterocycles. The fraction of sp³-hybridized carbons (Fsp3) is 0.294. The van der Waals surface area contributed by atoms with E-state index in [4.69, 9.17) is 4.74 Å². The summed E-state index contributed by atoms with van der Waals surface area (Å²) in [6.45, 7) is 1.24. The van der Waals surface area contributed by atoms with Crippen LogP contribution in [0.4, 0.5) is 0 Å². The van der Waals surface area contributed by atoms with Gasteiger partial charge < -0.3 is 10.1 Å². The topological polar surface area (TPSA) is 51.2 Å². The molecule has 0 unspecified atom stereocenters. The molecule has 3 rings (SSSR count). The second-order valence-corrected chi connectivity index (χ2v) is 5.31. The van der Waals surface area contributed by atoms with Gasteiger partial charge in [-0.25, -0.2) is 4.98 Å². The normalized spacial score (nSPS) is 13.7. The highest BCUT2D eigenvalue weighted by Crippen LogP contribution is 2.27. The molecule has 1 amide bonds. The van der Waals surface area contributed by atoms with Gasteiger partial charge in [-0.1, -0.05) is 30.3 Å². The van der Waals surface area contributed by atoms with Crippen LogP contribution in [0.1, 0.15) is 28.8 Å². The molecule has 1 heterocycles. The third-order valence-corrected chi connectivity index (χ3v) is 3.48. The smallest absolute Gasteiger partial charge is 0.252 e. The van der Waals surface area contributed by atoms with E-state index in [1.54, 1.807) is 18.3 Å². The average Bonchev–Trinajstić information content (AvgIpc) is 3.36. The monoisotopic (exact) mass is 282 g/mol. The first-order valence-corrected chi connectivity index (χ1v) is 7.22. The van der Waals surface area contributed by atoms with Crippen molar-refractivity contribution in [3.63, 3.8) is 0 Å². The van der Waals surface area contributed by atoms with Gasteiger partial charge in [-0.3, -0.25) is 4.79 Å². The maximum absolute atomic E-state index is 11.9. The molecule has 0 spiro atoms. The lowest BCUT2D eigenvalue weighted by Crippen LogP contribution is -2.25. The molecule has 1 N–H and O–H groups in total. The molecule has 2 aromatic rings. The van der Waals surface area contributed by atoms with E-state index in [0.29, 0.717) is 24.0 Å². The number of aromatic nitrogens is 1. The number of carbonyl (C=O) groups excluding carboxylic acids is 1. The Morgan fingerprint density at radius 2 is 2.00 bits per heavy atom. The molecule has 0 radical (unpaired) electrons. The average molecular weight is 282 g/mol. The van der Waals surface area contributed by atoms with Crippen LogP contribution in [-0.4, -0.2) is 17.4 Å². The van der Waals surface area contributed by atoms with Crippen molar-refractivity contribution < 1.29 is 9.53 Å². The second-order valence-electron chi connectivity index (χ2n) is 5.31. The lowest BCUT2D eigenvalue weighted by molar-refractivity contribution is 0.0951. The summed E-state index contributed by atoms with van der Waals surface area (Å²) in [6.07, 6.45) is 4.01. The highest BCUT2D eigenvalue weighted by molar-refractivity contribution is 5.93. The lowest BCUT2D eigenvalue weighted by Gasteiger charge is -2.07. The van der Waals surface area contributed by atoms with Crippen molar-refractivity contribution in [3.8, 4) is 5.88 Å². The summed E-state index contributed by atoms with van der Waals surface area (Å²) in [5.41, 5.74) is 1.66. The Bertz CT molecular complexity index is 592. The van der Waals surface area contributed by atoms with Crippen molar-refractivity contribution in [1.29, 1.82) is 0 Å². The van der Waals surface area contributed by atoms with Crippen molar-refractivity contribution in [2.45, 2.75) is 19.4 Å². The number of amides is 1. The highest BCUT2D eigenvalue weighted by atomic mass is 16.5. The van der Waals surface area contributed by atoms with E-state index >= 15 is 0 Å². The first kappa shape index (κ1) is 13.6. The number of pyridine rings is 1. The van der Waals surface area contributed by atoms with Gasteiger partial charge in [-0.2, -0.15) is 0 Å². The van der Waals surface area contributed by atoms with E-state index in [2.05, 4.69) is 10.3 Å². The molecule has 1 aliphatic rings. The number of nitrogens with zero attached hydrogens (tertiary/aromatic N) is 1. The number of hydrogen-bond donors (Lipinski definition) is 1. The number of rotatable bonds is 6. The van der Waals surface area contributed by atoms with Gasteiger partial charge in [-0.05, 0) is 30.4 Å². The zero-order chi connectivity index (χ0) is 14.5. The molecule has 108 valence electrons. The van der Waals surface area contributed by atoms with E-state index in [9.17, 15) is 4.79 Å². The number of ether oxygens (including phenoxy) is 1. The second kappa shape index (κ2) is 6.39. The van der Waals surface area contributed by atoms with Crippen molar-refractivity contribution in [1.82, 2.24) is 10.3 Å². The molecular weight excluding hydrogens is 264 g/mol. The third kappa shape index (κ3) is 4.05. The maximum Gasteiger partial charge on any atom is 0.252 e. The summed E-state index contributed by atoms with van der Waals surface area (Å²) in [5, 5.41) is 2.92. The van der Waals surface area contributed by atoms with E-state index in [1.165, 1.54) is 12.8 Å². The number of benzene rings is 1. The summed E-state index contributed by atoms with van der Waals surface area (Å²) in [5.74, 6) is 1.14. The Morgan fingerprint density at radius 3 is 2.67 bits per heavy atom. The lowest BCUT2D eigenvalue weighted by atomic mass is 10.2. The van der Waals surface area contributed by atoms with Crippen LogP contribution in [0.25, 0.3) is 0 Å². The minimum absolute atomic E-state index is 0.0657. The van der Waals surface area contributed by atoms with Crippen molar-refractivity contribution in [2.24, 2.45) is 5.92 Å². The van der Waals surface area contributed by atoms with Crippen molar-refractivity contribution in [2.75, 3.05) is 6.54 Å². The summed E-state index contributed by atoms with van der Waals surface area (Å²) in [7, 11) is 0. The van der Waals surface area contributed by atoms with Crippen LogP contribution in [0.2, 0.25) is 0 Å². The predicted octanol–water partition coefficient (Wildman–Crippen LogP) is 2.80. The number of nitrogens with one attached hydrogen (secondary N) is 1. The predicted molar refractivity (Wildman–Crippen MR) is 80.1 cm³/mol. The minimum atomic E-state index is -0.0657. The molecule has 4 heteroatoms. The molecular formula is C17H18N2O2. The van der Waals surface area contributed by atoms with Crippen LogP contribution in [0.5, 0.6) is 5.88 Å². The quantitative estimate of drug-likeness (QED) is 0.886. The third-order valence-electron chi connectivity index (χ3n) is 3.48. The van der Waals surface area contributed by atoms with Gasteiger partial charge >= 0.3 is 0 Å². The molecule has 0 aliphatic heterocycles. The number of hydrogen-bond acceptors (Lipinski definition) is 3. The number of carbonyl (C=O) groups is 1. The zero-order valence-electron chi connectivity index (χ0n) is 11.8. The summed E-state index contributed by atoms with van der Waals surface area (Å²) in [4.78, 5) is 16.1. The standard InChI is InChI=1S/C17H18N2O2/c20-17(19-10-13-6-7-13)15-8-9-16(18-11-15)21-12-14-4-2-1-3-5-14/h1-5,8-9,11,13H,6-7,10,12H2,(H,19,20). The van der Waals surface area contributed by atoms with Crippen LogP contribution in [0.15, 0.2) is 48.7 Å². The van der Waals surface area contributed by atoms with Crippen LogP contribution in [0.3, 0.4) is 0 Å². The van der Waals surface area contributed by atoms with Gasteiger partial charge in [0.1, 0.15) is 6.61 Å². The van der Waals surface area contributed by atoms with E-state index in [-0.39, 0.29) is 5.91 Å². The van der Waals surface area contributed by atoms with Gasteiger partial charge in [0.2, 0.25) is 5.88 Å². The Balaban J connectivity index is 1.52. The molecule has 0 bridgehead atoms. The highest BCUT2D eigenvalue weighted by Gasteiger charge is 2.21. The van der Waals surface area contributed by atoms with Gasteiger partial charge in [0.05, 0.1) is 5.56 Å². The summed E-state index contributed by atoms with van der Waals surface area (Å²) < 4.78 is 5.59. The SMILES string of the molecule is O=C(NCC1CC1)c1ccc(OCc2ccccc2)nc1. The van der Waals surface area contributed by atoms with Crippen LogP contribution in [0, 0.1) is 5.92 Å². The molecule has 21 heavy (non-hydrogen) atoms. The van der Waals surface area contributed by atoms with Gasteiger partial charge in [0.15, 0.2) is 0 Å². The largest absolute Gasteiger partial charge is 0.473 e. The maximum atomic E-state index is 11.9. The Labute approximate surface area is 124 Å². The first-order chi connectivity index (χ1) is 10.3. The Morgan fingerprint density at radius 1 is 1.19 bits per heavy atom. The van der Waals surface area contributed by atoms with Gasteiger partial charge in [0.25, 0.3) is 5.91 Å². The summed E-state index contributed by atoms with van der Waals surface area (Å²) >= 11 is 0. The van der Waals surface area contributed by atoms with Crippen LogP contribution < -0.4 is 10.1 Å². The van der Waals surface area contributed by atoms with Crippen LogP contribution >= 0.6 is 0 Å². The molecule has 1 aliphatic carbocycles.